The van der Waals surface area contributed by atoms with Crippen molar-refractivity contribution in [1.82, 2.24) is 4.98 Å². The molecule has 0 aliphatic carbocycles. The zero-order valence-corrected chi connectivity index (χ0v) is 13.7. The number of fused-ring (bicyclic) bond motifs is 3. The number of hydrogen-bond acceptors (Lipinski definition) is 0. The third kappa shape index (κ3) is 2.41. The molecule has 118 valence electrons. The predicted molar refractivity (Wildman–Crippen MR) is 107 cm³/mol. The number of rotatable bonds is 2. The van der Waals surface area contributed by atoms with Gasteiger partial charge in [-0.1, -0.05) is 78.9 Å². The number of benzene rings is 4. The first-order valence-corrected chi connectivity index (χ1v) is 8.55. The maximum Gasteiger partial charge on any atom is 0.0465 e. The van der Waals surface area contributed by atoms with Crippen molar-refractivity contribution in [2.45, 2.75) is 0 Å². The molecule has 1 heterocycles. The molecule has 0 saturated carbocycles. The van der Waals surface area contributed by atoms with E-state index in [1.54, 1.807) is 0 Å². The van der Waals surface area contributed by atoms with Gasteiger partial charge in [-0.15, -0.1) is 0 Å². The van der Waals surface area contributed by atoms with Crippen LogP contribution >= 0.6 is 0 Å². The van der Waals surface area contributed by atoms with Crippen LogP contribution in [0.1, 0.15) is 0 Å². The van der Waals surface area contributed by atoms with Gasteiger partial charge in [0.25, 0.3) is 0 Å². The van der Waals surface area contributed by atoms with Crippen LogP contribution in [0.5, 0.6) is 0 Å². The summed E-state index contributed by atoms with van der Waals surface area (Å²) in [4.78, 5) is 3.49. The topological polar surface area (TPSA) is 15.8 Å². The van der Waals surface area contributed by atoms with E-state index in [-0.39, 0.29) is 0 Å². The van der Waals surface area contributed by atoms with Crippen LogP contribution in [0.25, 0.3) is 44.1 Å². The minimum atomic E-state index is 1.19. The van der Waals surface area contributed by atoms with E-state index in [9.17, 15) is 0 Å². The molecule has 1 aromatic heterocycles. The van der Waals surface area contributed by atoms with Crippen molar-refractivity contribution in [1.29, 1.82) is 0 Å². The normalized spacial score (nSPS) is 11.2. The van der Waals surface area contributed by atoms with Crippen LogP contribution in [0, 0.1) is 0 Å². The van der Waals surface area contributed by atoms with E-state index in [4.69, 9.17) is 0 Å². The Morgan fingerprint density at radius 1 is 0.400 bits per heavy atom. The van der Waals surface area contributed by atoms with Gasteiger partial charge in [-0.25, -0.2) is 0 Å². The molecular formula is C24H17N. The van der Waals surface area contributed by atoms with Crippen molar-refractivity contribution in [3.8, 4) is 22.3 Å². The molecular weight excluding hydrogens is 302 g/mol. The number of H-pyrrole nitrogens is 1. The third-order valence-corrected chi connectivity index (χ3v) is 4.83. The number of aromatic amines is 1. The largest absolute Gasteiger partial charge is 0.355 e. The molecule has 5 rings (SSSR count). The summed E-state index contributed by atoms with van der Waals surface area (Å²) in [5.41, 5.74) is 7.36. The van der Waals surface area contributed by atoms with Crippen LogP contribution in [0.4, 0.5) is 0 Å². The number of nitrogens with one attached hydrogen (secondary N) is 1. The van der Waals surface area contributed by atoms with E-state index in [0.29, 0.717) is 0 Å². The van der Waals surface area contributed by atoms with Gasteiger partial charge >= 0.3 is 0 Å². The highest BCUT2D eigenvalue weighted by atomic mass is 14.7. The van der Waals surface area contributed by atoms with Crippen LogP contribution in [0.3, 0.4) is 0 Å². The highest BCUT2D eigenvalue weighted by Gasteiger charge is 2.06. The fourth-order valence-corrected chi connectivity index (χ4v) is 3.51. The number of aromatic nitrogens is 1. The predicted octanol–water partition coefficient (Wildman–Crippen LogP) is 6.66. The second kappa shape index (κ2) is 5.64. The molecule has 25 heavy (non-hydrogen) atoms. The van der Waals surface area contributed by atoms with Gasteiger partial charge in [-0.2, -0.15) is 0 Å². The van der Waals surface area contributed by atoms with Gasteiger partial charge in [0, 0.05) is 21.8 Å². The lowest BCUT2D eigenvalue weighted by Gasteiger charge is -2.05. The molecule has 0 amide bonds. The molecule has 0 unspecified atom stereocenters. The monoisotopic (exact) mass is 319 g/mol. The Balaban J connectivity index is 1.59. The molecule has 0 aliphatic heterocycles. The SMILES string of the molecule is c1ccc(-c2ccc(-c3ccc4[nH]c5ccccc5c4c3)cc2)cc1. The van der Waals surface area contributed by atoms with E-state index >= 15 is 0 Å². The van der Waals surface area contributed by atoms with E-state index in [0.717, 1.165) is 0 Å². The van der Waals surface area contributed by atoms with Gasteiger partial charge in [0.2, 0.25) is 0 Å². The maximum atomic E-state index is 3.49. The van der Waals surface area contributed by atoms with Crippen molar-refractivity contribution in [2.75, 3.05) is 0 Å². The van der Waals surface area contributed by atoms with Crippen LogP contribution in [-0.4, -0.2) is 4.98 Å². The Kier molecular flexibility index (Phi) is 3.17. The second-order valence-corrected chi connectivity index (χ2v) is 6.37. The Hall–Kier alpha value is -3.32. The lowest BCUT2D eigenvalue weighted by atomic mass is 9.99. The summed E-state index contributed by atoms with van der Waals surface area (Å²) in [7, 11) is 0. The van der Waals surface area contributed by atoms with Crippen molar-refractivity contribution < 1.29 is 0 Å². The third-order valence-electron chi connectivity index (χ3n) is 4.83. The van der Waals surface area contributed by atoms with E-state index in [1.807, 2.05) is 6.07 Å². The van der Waals surface area contributed by atoms with Gasteiger partial charge in [-0.05, 0) is 40.5 Å². The standard InChI is InChI=1S/C24H17N/c1-2-6-17(7-3-1)18-10-12-19(13-11-18)20-14-15-24-22(16-20)21-8-4-5-9-23(21)25-24/h1-16,25H. The first-order chi connectivity index (χ1) is 12.4. The van der Waals surface area contributed by atoms with E-state index in [2.05, 4.69) is 96.0 Å². The first-order valence-electron chi connectivity index (χ1n) is 8.55. The lowest BCUT2D eigenvalue weighted by molar-refractivity contribution is 1.54. The van der Waals surface area contributed by atoms with Crippen molar-refractivity contribution in [3.63, 3.8) is 0 Å². The molecule has 0 fully saturated rings. The fraction of sp³-hybridized carbons (Fsp3) is 0. The summed E-state index contributed by atoms with van der Waals surface area (Å²) < 4.78 is 0. The fourth-order valence-electron chi connectivity index (χ4n) is 3.51. The highest BCUT2D eigenvalue weighted by molar-refractivity contribution is 6.08. The van der Waals surface area contributed by atoms with Crippen molar-refractivity contribution in [2.24, 2.45) is 0 Å². The Morgan fingerprint density at radius 3 is 1.76 bits per heavy atom. The molecule has 0 radical (unpaired) electrons. The molecule has 0 bridgehead atoms. The molecule has 1 heteroatoms. The van der Waals surface area contributed by atoms with E-state index in [1.165, 1.54) is 44.1 Å². The van der Waals surface area contributed by atoms with Crippen molar-refractivity contribution in [3.05, 3.63) is 97.1 Å². The van der Waals surface area contributed by atoms with Crippen LogP contribution < -0.4 is 0 Å². The van der Waals surface area contributed by atoms with Gasteiger partial charge < -0.3 is 4.98 Å². The van der Waals surface area contributed by atoms with Gasteiger partial charge in [0.15, 0.2) is 0 Å². The van der Waals surface area contributed by atoms with Crippen molar-refractivity contribution >= 4 is 21.8 Å². The summed E-state index contributed by atoms with van der Waals surface area (Å²) in [6.45, 7) is 0. The van der Waals surface area contributed by atoms with Crippen LogP contribution in [0.2, 0.25) is 0 Å². The average molecular weight is 319 g/mol. The molecule has 0 saturated heterocycles. The summed E-state index contributed by atoms with van der Waals surface area (Å²) in [5.74, 6) is 0. The molecule has 0 atom stereocenters. The Morgan fingerprint density at radius 2 is 0.960 bits per heavy atom. The van der Waals surface area contributed by atoms with Crippen LogP contribution in [-0.2, 0) is 0 Å². The zero-order chi connectivity index (χ0) is 16.6. The minimum absolute atomic E-state index is 1.19. The maximum absolute atomic E-state index is 3.49. The average Bonchev–Trinajstić information content (AvgIpc) is 3.07. The summed E-state index contributed by atoms with van der Waals surface area (Å²) in [6.07, 6.45) is 0. The number of hydrogen-bond donors (Lipinski definition) is 1. The van der Waals surface area contributed by atoms with Gasteiger partial charge in [-0.3, -0.25) is 0 Å². The molecule has 5 aromatic rings. The first kappa shape index (κ1) is 14.1. The van der Waals surface area contributed by atoms with Crippen LogP contribution in [0.15, 0.2) is 97.1 Å². The summed E-state index contributed by atoms with van der Waals surface area (Å²) >= 11 is 0. The van der Waals surface area contributed by atoms with Gasteiger partial charge in [0.1, 0.15) is 0 Å². The Bertz CT molecular complexity index is 1170. The summed E-state index contributed by atoms with van der Waals surface area (Å²) in [6, 6.07) is 34.4. The highest BCUT2D eigenvalue weighted by Crippen LogP contribution is 2.31. The van der Waals surface area contributed by atoms with E-state index < -0.39 is 0 Å². The zero-order valence-electron chi connectivity index (χ0n) is 13.7. The Labute approximate surface area is 146 Å². The molecule has 1 nitrogen and oxygen atoms in total. The minimum Gasteiger partial charge on any atom is -0.355 e. The number of para-hydroxylation sites is 1. The van der Waals surface area contributed by atoms with Gasteiger partial charge in [0.05, 0.1) is 0 Å². The molecule has 1 N–H and O–H groups in total. The molecule has 4 aromatic carbocycles. The second-order valence-electron chi connectivity index (χ2n) is 6.37. The lowest BCUT2D eigenvalue weighted by Crippen LogP contribution is -1.80. The smallest absolute Gasteiger partial charge is 0.0465 e. The quantitative estimate of drug-likeness (QED) is 0.374. The molecule has 0 aliphatic rings. The summed E-state index contributed by atoms with van der Waals surface area (Å²) in [5, 5.41) is 2.56. The molecule has 0 spiro atoms.